The van der Waals surface area contributed by atoms with Crippen LogP contribution in [0, 0.1) is 0 Å². The van der Waals surface area contributed by atoms with E-state index in [1.165, 1.54) is 78.9 Å². The largest absolute Gasteiger partial charge is 0.508 e. The molecule has 8 nitrogen and oxygen atoms in total. The summed E-state index contributed by atoms with van der Waals surface area (Å²) >= 11 is 0. The van der Waals surface area contributed by atoms with Crippen LogP contribution in [0.4, 0.5) is 0 Å². The second kappa shape index (κ2) is 9.51. The van der Waals surface area contributed by atoms with E-state index in [0.29, 0.717) is 11.1 Å². The lowest BCUT2D eigenvalue weighted by Crippen LogP contribution is -2.09. The summed E-state index contributed by atoms with van der Waals surface area (Å²) in [6.45, 7) is 0. The summed E-state index contributed by atoms with van der Waals surface area (Å²) in [7, 11) is 0. The van der Waals surface area contributed by atoms with Gasteiger partial charge in [-0.05, 0) is 72.3 Å². The summed E-state index contributed by atoms with van der Waals surface area (Å²) in [5.74, 6) is -1.84. The number of fused-ring (bicyclic) bond motifs is 1. The van der Waals surface area contributed by atoms with Crippen LogP contribution in [0.25, 0.3) is 39.5 Å². The van der Waals surface area contributed by atoms with E-state index in [9.17, 15) is 35.1 Å². The number of rotatable bonds is 5. The third-order valence-electron chi connectivity index (χ3n) is 6.00. The number of carbonyl (C=O) groups excluding carboxylic acids is 1. The normalized spacial score (nSPS) is 11.3. The van der Waals surface area contributed by atoms with E-state index in [0.717, 1.165) is 0 Å². The van der Waals surface area contributed by atoms with Crippen molar-refractivity contribution in [2.24, 2.45) is 0 Å². The zero-order chi connectivity index (χ0) is 27.0. The van der Waals surface area contributed by atoms with Gasteiger partial charge in [0.05, 0.1) is 22.1 Å². The van der Waals surface area contributed by atoms with Crippen LogP contribution in [0.5, 0.6) is 28.7 Å². The Bertz CT molecular complexity index is 1780. The van der Waals surface area contributed by atoms with E-state index in [2.05, 4.69) is 0 Å². The van der Waals surface area contributed by atoms with Gasteiger partial charge in [-0.15, -0.1) is 0 Å². The molecule has 5 rings (SSSR count). The van der Waals surface area contributed by atoms with Crippen LogP contribution in [0.3, 0.4) is 0 Å². The van der Waals surface area contributed by atoms with E-state index in [-0.39, 0.29) is 50.7 Å². The lowest BCUT2D eigenvalue weighted by atomic mass is 9.94. The highest BCUT2D eigenvalue weighted by Crippen LogP contribution is 2.44. The summed E-state index contributed by atoms with van der Waals surface area (Å²) < 4.78 is 5.98. The lowest BCUT2D eigenvalue weighted by molar-refractivity contribution is 0.104. The van der Waals surface area contributed by atoms with E-state index in [1.807, 2.05) is 0 Å². The lowest BCUT2D eigenvalue weighted by Gasteiger charge is -2.15. The molecule has 0 fully saturated rings. The monoisotopic (exact) mass is 508 g/mol. The van der Waals surface area contributed by atoms with Crippen molar-refractivity contribution in [2.75, 3.05) is 0 Å². The number of carbonyl (C=O) groups is 1. The second-order valence-corrected chi connectivity index (χ2v) is 8.51. The number of hydrogen-bond donors (Lipinski definition) is 5. The Kier molecular flexibility index (Phi) is 6.06. The topological polar surface area (TPSA) is 148 Å². The van der Waals surface area contributed by atoms with Crippen molar-refractivity contribution < 1.29 is 34.7 Å². The van der Waals surface area contributed by atoms with Gasteiger partial charge in [0.1, 0.15) is 40.1 Å². The molecule has 0 aliphatic heterocycles. The fourth-order valence-electron chi connectivity index (χ4n) is 4.10. The molecular formula is C30H20O8. The summed E-state index contributed by atoms with van der Waals surface area (Å²) in [5.41, 5.74) is -0.281. The molecule has 1 heterocycles. The van der Waals surface area contributed by atoms with Crippen LogP contribution < -0.4 is 5.43 Å². The van der Waals surface area contributed by atoms with Crippen molar-refractivity contribution in [3.05, 3.63) is 106 Å². The van der Waals surface area contributed by atoms with Gasteiger partial charge in [0.2, 0.25) is 5.43 Å². The average Bonchev–Trinajstić information content (AvgIpc) is 2.89. The quantitative estimate of drug-likeness (QED) is 0.153. The molecule has 0 spiro atoms. The fourth-order valence-corrected chi connectivity index (χ4v) is 4.10. The smallest absolute Gasteiger partial charge is 0.201 e. The van der Waals surface area contributed by atoms with Gasteiger partial charge in [-0.2, -0.15) is 0 Å². The first-order chi connectivity index (χ1) is 18.2. The molecule has 0 saturated carbocycles. The Morgan fingerprint density at radius 3 is 2.03 bits per heavy atom. The molecule has 188 valence electrons. The zero-order valence-corrected chi connectivity index (χ0v) is 19.6. The van der Waals surface area contributed by atoms with Gasteiger partial charge in [-0.1, -0.05) is 18.2 Å². The zero-order valence-electron chi connectivity index (χ0n) is 19.6. The molecule has 0 amide bonds. The highest BCUT2D eigenvalue weighted by Gasteiger charge is 2.26. The molecular weight excluding hydrogens is 488 g/mol. The molecule has 5 N–H and O–H groups in total. The third kappa shape index (κ3) is 4.42. The van der Waals surface area contributed by atoms with Gasteiger partial charge in [0.25, 0.3) is 0 Å². The van der Waals surface area contributed by atoms with Crippen molar-refractivity contribution in [3.8, 4) is 51.2 Å². The van der Waals surface area contributed by atoms with E-state index in [1.54, 1.807) is 12.1 Å². The SMILES string of the molecule is O=C(/C=C/c1ccc(O)cc1)c1ccc(O)c(-c2c(-c3ccc(O)cc3)oc3cc(O)ccc3c2=O)c1O. The Hall–Kier alpha value is -5.50. The van der Waals surface area contributed by atoms with E-state index in [4.69, 9.17) is 4.42 Å². The van der Waals surface area contributed by atoms with Crippen LogP contribution in [0.15, 0.2) is 94.2 Å². The summed E-state index contributed by atoms with van der Waals surface area (Å²) in [6.07, 6.45) is 2.71. The first kappa shape index (κ1) is 24.2. The first-order valence-corrected chi connectivity index (χ1v) is 11.4. The number of phenolic OH excluding ortho intramolecular Hbond substituents is 5. The Balaban J connectivity index is 1.72. The molecule has 0 saturated heterocycles. The molecule has 5 aromatic rings. The highest BCUT2D eigenvalue weighted by molar-refractivity contribution is 6.10. The fraction of sp³-hybridized carbons (Fsp3) is 0. The average molecular weight is 508 g/mol. The number of allylic oxidation sites excluding steroid dienone is 1. The molecule has 1 aromatic heterocycles. The highest BCUT2D eigenvalue weighted by atomic mass is 16.3. The molecule has 0 atom stereocenters. The van der Waals surface area contributed by atoms with Crippen molar-refractivity contribution in [1.82, 2.24) is 0 Å². The summed E-state index contributed by atoms with van der Waals surface area (Å²) in [4.78, 5) is 26.7. The standard InChI is InChI=1S/C30H20O8/c31-18-6-1-16(2-7-18)3-13-23(34)21-12-14-24(35)26(28(21)36)27-29(37)22-11-10-20(33)15-25(22)38-30(27)17-4-8-19(32)9-5-17/h1-15,31-33,35-36H/b13-3+. The van der Waals surface area contributed by atoms with Gasteiger partial charge in [-0.25, -0.2) is 0 Å². The number of ketones is 1. The molecule has 38 heavy (non-hydrogen) atoms. The molecule has 4 aromatic carbocycles. The summed E-state index contributed by atoms with van der Waals surface area (Å²) in [6, 6.07) is 18.2. The van der Waals surface area contributed by atoms with Gasteiger partial charge in [0, 0.05) is 11.6 Å². The Labute approximate surface area is 215 Å². The predicted octanol–water partition coefficient (Wildman–Crippen LogP) is 5.55. The molecule has 0 aliphatic carbocycles. The summed E-state index contributed by atoms with van der Waals surface area (Å²) in [5, 5.41) is 51.1. The number of aromatic hydroxyl groups is 5. The van der Waals surface area contributed by atoms with Gasteiger partial charge < -0.3 is 29.9 Å². The van der Waals surface area contributed by atoms with Crippen molar-refractivity contribution >= 4 is 22.8 Å². The van der Waals surface area contributed by atoms with E-state index >= 15 is 0 Å². The van der Waals surface area contributed by atoms with Crippen molar-refractivity contribution in [2.45, 2.75) is 0 Å². The van der Waals surface area contributed by atoms with Crippen LogP contribution >= 0.6 is 0 Å². The van der Waals surface area contributed by atoms with Crippen LogP contribution in [-0.2, 0) is 0 Å². The van der Waals surface area contributed by atoms with Crippen LogP contribution in [0.2, 0.25) is 0 Å². The van der Waals surface area contributed by atoms with Crippen LogP contribution in [-0.4, -0.2) is 31.3 Å². The van der Waals surface area contributed by atoms with Gasteiger partial charge >= 0.3 is 0 Å². The van der Waals surface area contributed by atoms with Gasteiger partial charge in [0.15, 0.2) is 5.78 Å². The molecule has 0 aliphatic rings. The minimum absolute atomic E-state index is 0.0326. The number of hydrogen-bond acceptors (Lipinski definition) is 8. The molecule has 0 unspecified atom stereocenters. The number of benzene rings is 4. The first-order valence-electron chi connectivity index (χ1n) is 11.4. The van der Waals surface area contributed by atoms with Crippen LogP contribution in [0.1, 0.15) is 15.9 Å². The van der Waals surface area contributed by atoms with Gasteiger partial charge in [-0.3, -0.25) is 9.59 Å². The number of phenols is 5. The van der Waals surface area contributed by atoms with Crippen molar-refractivity contribution in [1.29, 1.82) is 0 Å². The Morgan fingerprint density at radius 2 is 1.34 bits per heavy atom. The minimum atomic E-state index is -0.629. The van der Waals surface area contributed by atoms with E-state index < -0.39 is 22.7 Å². The predicted molar refractivity (Wildman–Crippen MR) is 141 cm³/mol. The minimum Gasteiger partial charge on any atom is -0.508 e. The third-order valence-corrected chi connectivity index (χ3v) is 6.00. The maximum atomic E-state index is 13.7. The Morgan fingerprint density at radius 1 is 0.711 bits per heavy atom. The van der Waals surface area contributed by atoms with Crippen molar-refractivity contribution in [3.63, 3.8) is 0 Å². The second-order valence-electron chi connectivity index (χ2n) is 8.51. The maximum absolute atomic E-state index is 13.7. The molecule has 0 bridgehead atoms. The molecule has 0 radical (unpaired) electrons. The molecule has 8 heteroatoms. The maximum Gasteiger partial charge on any atom is 0.201 e.